The molecule has 0 fully saturated rings. The molecule has 2 aromatic rings. The highest BCUT2D eigenvalue weighted by Gasteiger charge is 2.27. The molecule has 2 rings (SSSR count). The SMILES string of the molecule is Cc1cccc(N(CCCC(=O)O)S(=O)(=O)c2ccc(Cl)c(Cl)c2)c1C. The van der Waals surface area contributed by atoms with E-state index >= 15 is 0 Å². The van der Waals surface area contributed by atoms with Crippen molar-refractivity contribution in [2.45, 2.75) is 31.6 Å². The van der Waals surface area contributed by atoms with Gasteiger partial charge in [0, 0.05) is 13.0 Å². The maximum absolute atomic E-state index is 13.2. The summed E-state index contributed by atoms with van der Waals surface area (Å²) < 4.78 is 27.7. The molecule has 0 aliphatic carbocycles. The standard InChI is InChI=1S/C18H19Cl2NO4S/c1-12-5-3-6-17(13(12)2)21(10-4-7-18(22)23)26(24,25)14-8-9-15(19)16(20)11-14/h3,5-6,8-9,11H,4,7,10H2,1-2H3,(H,22,23). The van der Waals surface area contributed by atoms with Crippen LogP contribution in [0.2, 0.25) is 10.0 Å². The van der Waals surface area contributed by atoms with Gasteiger partial charge in [-0.15, -0.1) is 0 Å². The van der Waals surface area contributed by atoms with Crippen LogP contribution in [-0.2, 0) is 14.8 Å². The Morgan fingerprint density at radius 1 is 1.12 bits per heavy atom. The van der Waals surface area contributed by atoms with Crippen molar-refractivity contribution in [2.24, 2.45) is 0 Å². The van der Waals surface area contributed by atoms with Crippen LogP contribution in [0, 0.1) is 13.8 Å². The first-order valence-electron chi connectivity index (χ1n) is 7.90. The summed E-state index contributed by atoms with van der Waals surface area (Å²) in [5.41, 5.74) is 2.27. The summed E-state index contributed by atoms with van der Waals surface area (Å²) in [5, 5.41) is 9.28. The van der Waals surface area contributed by atoms with Gasteiger partial charge in [0.05, 0.1) is 20.6 Å². The van der Waals surface area contributed by atoms with Crippen LogP contribution in [0.3, 0.4) is 0 Å². The number of nitrogens with zero attached hydrogens (tertiary/aromatic N) is 1. The van der Waals surface area contributed by atoms with Gasteiger partial charge in [0.25, 0.3) is 10.0 Å². The van der Waals surface area contributed by atoms with E-state index in [4.69, 9.17) is 28.3 Å². The van der Waals surface area contributed by atoms with Gasteiger partial charge >= 0.3 is 5.97 Å². The molecule has 0 bridgehead atoms. The zero-order valence-electron chi connectivity index (χ0n) is 14.4. The molecule has 1 N–H and O–H groups in total. The van der Waals surface area contributed by atoms with Gasteiger partial charge in [-0.25, -0.2) is 8.42 Å². The number of carboxylic acids is 1. The van der Waals surface area contributed by atoms with Crippen molar-refractivity contribution in [1.82, 2.24) is 0 Å². The number of carbonyl (C=O) groups is 1. The second kappa shape index (κ2) is 8.29. The smallest absolute Gasteiger partial charge is 0.303 e. The second-order valence-electron chi connectivity index (χ2n) is 5.87. The lowest BCUT2D eigenvalue weighted by Gasteiger charge is -2.26. The Labute approximate surface area is 163 Å². The van der Waals surface area contributed by atoms with Crippen LogP contribution < -0.4 is 4.31 Å². The molecular weight excluding hydrogens is 397 g/mol. The van der Waals surface area contributed by atoms with Gasteiger partial charge in [-0.05, 0) is 55.7 Å². The number of rotatable bonds is 7. The summed E-state index contributed by atoms with van der Waals surface area (Å²) in [6.07, 6.45) is 0.0571. The Hall–Kier alpha value is -1.76. The predicted octanol–water partition coefficient (Wildman–Crippen LogP) is 4.67. The summed E-state index contributed by atoms with van der Waals surface area (Å²) in [7, 11) is -3.93. The summed E-state index contributed by atoms with van der Waals surface area (Å²) in [6, 6.07) is 9.48. The van der Waals surface area contributed by atoms with Gasteiger partial charge in [-0.2, -0.15) is 0 Å². The third-order valence-corrected chi connectivity index (χ3v) is 6.62. The van der Waals surface area contributed by atoms with Crippen LogP contribution in [0.5, 0.6) is 0 Å². The molecule has 0 atom stereocenters. The minimum Gasteiger partial charge on any atom is -0.481 e. The first-order valence-corrected chi connectivity index (χ1v) is 10.1. The van der Waals surface area contributed by atoms with Crippen LogP contribution in [0.15, 0.2) is 41.3 Å². The van der Waals surface area contributed by atoms with E-state index in [9.17, 15) is 13.2 Å². The molecule has 0 saturated heterocycles. The molecule has 0 saturated carbocycles. The first kappa shape index (κ1) is 20.6. The lowest BCUT2D eigenvalue weighted by Crippen LogP contribution is -2.33. The van der Waals surface area contributed by atoms with Crippen LogP contribution in [0.4, 0.5) is 5.69 Å². The van der Waals surface area contributed by atoms with Crippen molar-refractivity contribution in [3.63, 3.8) is 0 Å². The Morgan fingerprint density at radius 3 is 2.42 bits per heavy atom. The molecule has 2 aromatic carbocycles. The Morgan fingerprint density at radius 2 is 1.81 bits per heavy atom. The van der Waals surface area contributed by atoms with Gasteiger partial charge in [0.15, 0.2) is 0 Å². The fourth-order valence-electron chi connectivity index (χ4n) is 2.51. The van der Waals surface area contributed by atoms with Crippen molar-refractivity contribution in [1.29, 1.82) is 0 Å². The number of halogens is 2. The Bertz CT molecular complexity index is 929. The third-order valence-electron chi connectivity index (χ3n) is 4.08. The van der Waals surface area contributed by atoms with E-state index in [1.807, 2.05) is 19.9 Å². The number of carboxylic acid groups (broad SMARTS) is 1. The largest absolute Gasteiger partial charge is 0.481 e. The molecule has 8 heteroatoms. The molecule has 0 amide bonds. The van der Waals surface area contributed by atoms with E-state index in [2.05, 4.69) is 0 Å². The van der Waals surface area contributed by atoms with Gasteiger partial charge < -0.3 is 5.11 Å². The molecule has 0 aliphatic rings. The number of anilines is 1. The van der Waals surface area contributed by atoms with Crippen molar-refractivity contribution < 1.29 is 18.3 Å². The van der Waals surface area contributed by atoms with Gasteiger partial charge in [-0.3, -0.25) is 9.10 Å². The van der Waals surface area contributed by atoms with Gasteiger partial charge in [0.1, 0.15) is 0 Å². The fourth-order valence-corrected chi connectivity index (χ4v) is 4.46. The van der Waals surface area contributed by atoms with E-state index in [0.717, 1.165) is 11.1 Å². The zero-order chi connectivity index (χ0) is 19.5. The zero-order valence-corrected chi connectivity index (χ0v) is 16.7. The normalized spacial score (nSPS) is 11.4. The van der Waals surface area contributed by atoms with Gasteiger partial charge in [-0.1, -0.05) is 35.3 Å². The number of aryl methyl sites for hydroxylation is 1. The molecule has 0 radical (unpaired) electrons. The molecular formula is C18H19Cl2NO4S. The fraction of sp³-hybridized carbons (Fsp3) is 0.278. The highest BCUT2D eigenvalue weighted by molar-refractivity contribution is 7.92. The van der Waals surface area contributed by atoms with E-state index < -0.39 is 16.0 Å². The Kier molecular flexibility index (Phi) is 6.55. The van der Waals surface area contributed by atoms with E-state index in [1.165, 1.54) is 22.5 Å². The average molecular weight is 416 g/mol. The minimum atomic E-state index is -3.93. The Balaban J connectivity index is 2.52. The number of hydrogen-bond acceptors (Lipinski definition) is 3. The molecule has 0 unspecified atom stereocenters. The molecule has 0 spiro atoms. The van der Waals surface area contributed by atoms with Crippen LogP contribution in [0.1, 0.15) is 24.0 Å². The second-order valence-corrected chi connectivity index (χ2v) is 8.55. The highest BCUT2D eigenvalue weighted by atomic mass is 35.5. The molecule has 5 nitrogen and oxygen atoms in total. The topological polar surface area (TPSA) is 74.7 Å². The first-order chi connectivity index (χ1) is 12.1. The van der Waals surface area contributed by atoms with Crippen LogP contribution >= 0.6 is 23.2 Å². The molecule has 26 heavy (non-hydrogen) atoms. The van der Waals surface area contributed by atoms with E-state index in [-0.39, 0.29) is 34.3 Å². The van der Waals surface area contributed by atoms with Crippen molar-refractivity contribution >= 4 is 44.9 Å². The number of hydrogen-bond donors (Lipinski definition) is 1. The molecule has 140 valence electrons. The number of benzene rings is 2. The van der Waals surface area contributed by atoms with Crippen LogP contribution in [0.25, 0.3) is 0 Å². The summed E-state index contributed by atoms with van der Waals surface area (Å²) in [6.45, 7) is 3.76. The maximum Gasteiger partial charge on any atom is 0.303 e. The summed E-state index contributed by atoms with van der Waals surface area (Å²) in [5.74, 6) is -0.974. The maximum atomic E-state index is 13.2. The van der Waals surface area contributed by atoms with Crippen molar-refractivity contribution in [2.75, 3.05) is 10.8 Å². The summed E-state index contributed by atoms with van der Waals surface area (Å²) in [4.78, 5) is 10.8. The third kappa shape index (κ3) is 4.50. The predicted molar refractivity (Wildman–Crippen MR) is 104 cm³/mol. The average Bonchev–Trinajstić information content (AvgIpc) is 2.56. The molecule has 0 aromatic heterocycles. The number of sulfonamides is 1. The summed E-state index contributed by atoms with van der Waals surface area (Å²) >= 11 is 11.9. The van der Waals surface area contributed by atoms with E-state index in [1.54, 1.807) is 12.1 Å². The quantitative estimate of drug-likeness (QED) is 0.712. The number of aliphatic carboxylic acids is 1. The van der Waals surface area contributed by atoms with Crippen molar-refractivity contribution in [3.05, 3.63) is 57.6 Å². The minimum absolute atomic E-state index is 0.00290. The highest BCUT2D eigenvalue weighted by Crippen LogP contribution is 2.31. The molecule has 0 aliphatic heterocycles. The van der Waals surface area contributed by atoms with Crippen molar-refractivity contribution in [3.8, 4) is 0 Å². The lowest BCUT2D eigenvalue weighted by atomic mass is 10.1. The van der Waals surface area contributed by atoms with Crippen LogP contribution in [-0.4, -0.2) is 26.0 Å². The lowest BCUT2D eigenvalue weighted by molar-refractivity contribution is -0.137. The van der Waals surface area contributed by atoms with Gasteiger partial charge in [0.2, 0.25) is 0 Å². The molecule has 0 heterocycles. The monoisotopic (exact) mass is 415 g/mol. The van der Waals surface area contributed by atoms with E-state index in [0.29, 0.717) is 5.69 Å².